The van der Waals surface area contributed by atoms with Crippen molar-refractivity contribution in [1.29, 1.82) is 0 Å². The lowest BCUT2D eigenvalue weighted by atomic mass is 10.0. The van der Waals surface area contributed by atoms with Gasteiger partial charge in [-0.05, 0) is 19.9 Å². The number of rotatable bonds is 2. The lowest BCUT2D eigenvalue weighted by Crippen LogP contribution is -2.08. The van der Waals surface area contributed by atoms with Crippen LogP contribution in [0.3, 0.4) is 0 Å². The van der Waals surface area contributed by atoms with Gasteiger partial charge in [-0.25, -0.2) is 4.98 Å². The Morgan fingerprint density at radius 1 is 1.24 bits per heavy atom. The molecule has 0 aliphatic carbocycles. The first-order valence-electron chi connectivity index (χ1n) is 6.17. The quantitative estimate of drug-likeness (QED) is 0.827. The van der Waals surface area contributed by atoms with Crippen molar-refractivity contribution in [3.63, 3.8) is 0 Å². The number of aromatic nitrogens is 2. The average Bonchev–Trinajstić information content (AvgIpc) is 2.99. The Hall–Kier alpha value is -1.61. The molecule has 1 unspecified atom stereocenters. The van der Waals surface area contributed by atoms with Crippen LogP contribution in [0.1, 0.15) is 23.7 Å². The smallest absolute Gasteiger partial charge is 0.137 e. The van der Waals surface area contributed by atoms with Gasteiger partial charge in [-0.3, -0.25) is 0 Å². The minimum atomic E-state index is 0.573. The Labute approximate surface area is 101 Å². The Balaban J connectivity index is 1.95. The molecule has 1 atom stereocenters. The third kappa shape index (κ3) is 1.98. The van der Waals surface area contributed by atoms with Gasteiger partial charge >= 0.3 is 0 Å². The lowest BCUT2D eigenvalue weighted by molar-refractivity contribution is 0.734. The van der Waals surface area contributed by atoms with Crippen molar-refractivity contribution < 1.29 is 0 Å². The minimum absolute atomic E-state index is 0.573. The van der Waals surface area contributed by atoms with Crippen LogP contribution in [0.15, 0.2) is 30.3 Å². The summed E-state index contributed by atoms with van der Waals surface area (Å²) < 4.78 is 0. The maximum Gasteiger partial charge on any atom is 0.137 e. The molecule has 3 nitrogen and oxygen atoms in total. The maximum absolute atomic E-state index is 4.77. The standard InChI is InChI=1S/C14H17N3/c1-10-13(12-7-8-15-9-12)17-14(16-10)11-5-3-2-4-6-11/h2-6,12,15H,7-9H2,1H3,(H,16,17). The minimum Gasteiger partial charge on any atom is -0.342 e. The van der Waals surface area contributed by atoms with Crippen molar-refractivity contribution >= 4 is 0 Å². The topological polar surface area (TPSA) is 40.7 Å². The molecule has 3 heteroatoms. The zero-order valence-electron chi connectivity index (χ0n) is 10.0. The number of nitrogens with one attached hydrogen (secondary N) is 2. The Morgan fingerprint density at radius 2 is 2.06 bits per heavy atom. The van der Waals surface area contributed by atoms with Crippen LogP contribution in [0.2, 0.25) is 0 Å². The largest absolute Gasteiger partial charge is 0.342 e. The summed E-state index contributed by atoms with van der Waals surface area (Å²) in [7, 11) is 0. The summed E-state index contributed by atoms with van der Waals surface area (Å²) in [5, 5.41) is 3.39. The second-order valence-corrected chi connectivity index (χ2v) is 4.65. The van der Waals surface area contributed by atoms with Crippen molar-refractivity contribution in [3.8, 4) is 11.4 Å². The highest BCUT2D eigenvalue weighted by atomic mass is 15.0. The number of aromatic amines is 1. The summed E-state index contributed by atoms with van der Waals surface area (Å²) >= 11 is 0. The van der Waals surface area contributed by atoms with Crippen molar-refractivity contribution in [1.82, 2.24) is 15.3 Å². The molecule has 1 aliphatic heterocycles. The second-order valence-electron chi connectivity index (χ2n) is 4.65. The van der Waals surface area contributed by atoms with Crippen LogP contribution >= 0.6 is 0 Å². The summed E-state index contributed by atoms with van der Waals surface area (Å²) in [6, 6.07) is 10.3. The number of hydrogen-bond acceptors (Lipinski definition) is 2. The second kappa shape index (κ2) is 4.34. The summed E-state index contributed by atoms with van der Waals surface area (Å²) in [4.78, 5) is 8.17. The molecule has 0 spiro atoms. The van der Waals surface area contributed by atoms with Crippen molar-refractivity contribution in [2.45, 2.75) is 19.3 Å². The van der Waals surface area contributed by atoms with E-state index in [1.165, 1.54) is 17.8 Å². The Bertz CT molecular complexity index is 495. The lowest BCUT2D eigenvalue weighted by Gasteiger charge is -2.04. The zero-order chi connectivity index (χ0) is 11.7. The van der Waals surface area contributed by atoms with E-state index in [0.29, 0.717) is 5.92 Å². The van der Waals surface area contributed by atoms with E-state index in [0.717, 1.165) is 24.5 Å². The predicted molar refractivity (Wildman–Crippen MR) is 69.0 cm³/mol. The predicted octanol–water partition coefficient (Wildman–Crippen LogP) is 2.46. The average molecular weight is 227 g/mol. The van der Waals surface area contributed by atoms with Gasteiger partial charge in [0.2, 0.25) is 0 Å². The van der Waals surface area contributed by atoms with Gasteiger partial charge in [0.15, 0.2) is 0 Å². The van der Waals surface area contributed by atoms with Gasteiger partial charge in [-0.15, -0.1) is 0 Å². The Morgan fingerprint density at radius 3 is 2.76 bits per heavy atom. The molecule has 2 heterocycles. The highest BCUT2D eigenvalue weighted by Gasteiger charge is 2.21. The van der Waals surface area contributed by atoms with E-state index >= 15 is 0 Å². The first-order chi connectivity index (χ1) is 8.34. The van der Waals surface area contributed by atoms with Crippen LogP contribution in [0.5, 0.6) is 0 Å². The van der Waals surface area contributed by atoms with Gasteiger partial charge in [-0.1, -0.05) is 30.3 Å². The molecule has 3 rings (SSSR count). The molecule has 1 aromatic heterocycles. The number of H-pyrrole nitrogens is 1. The van der Waals surface area contributed by atoms with E-state index < -0.39 is 0 Å². The molecule has 0 saturated carbocycles. The molecule has 88 valence electrons. The number of benzene rings is 1. The maximum atomic E-state index is 4.77. The molecular formula is C14H17N3. The first kappa shape index (κ1) is 10.5. The van der Waals surface area contributed by atoms with Crippen molar-refractivity contribution in [3.05, 3.63) is 41.7 Å². The van der Waals surface area contributed by atoms with E-state index in [9.17, 15) is 0 Å². The molecule has 1 aliphatic rings. The van der Waals surface area contributed by atoms with Gasteiger partial charge in [-0.2, -0.15) is 0 Å². The monoisotopic (exact) mass is 227 g/mol. The van der Waals surface area contributed by atoms with Crippen molar-refractivity contribution in [2.24, 2.45) is 0 Å². The fraction of sp³-hybridized carbons (Fsp3) is 0.357. The van der Waals surface area contributed by atoms with E-state index in [1.807, 2.05) is 18.2 Å². The Kier molecular flexibility index (Phi) is 2.69. The molecule has 1 fully saturated rings. The van der Waals surface area contributed by atoms with Crippen LogP contribution < -0.4 is 5.32 Å². The summed E-state index contributed by atoms with van der Waals surface area (Å²) in [6.45, 7) is 4.28. The summed E-state index contributed by atoms with van der Waals surface area (Å²) in [5.41, 5.74) is 3.60. The highest BCUT2D eigenvalue weighted by Crippen LogP contribution is 2.26. The molecule has 1 aromatic carbocycles. The normalized spacial score (nSPS) is 19.7. The van der Waals surface area contributed by atoms with Crippen LogP contribution in [-0.4, -0.2) is 23.1 Å². The zero-order valence-corrected chi connectivity index (χ0v) is 10.0. The van der Waals surface area contributed by atoms with E-state index in [1.54, 1.807) is 0 Å². The fourth-order valence-electron chi connectivity index (χ4n) is 2.49. The van der Waals surface area contributed by atoms with Gasteiger partial charge in [0, 0.05) is 23.7 Å². The van der Waals surface area contributed by atoms with Gasteiger partial charge < -0.3 is 10.3 Å². The van der Waals surface area contributed by atoms with E-state index in [4.69, 9.17) is 4.98 Å². The SMILES string of the molecule is Cc1[nH]c(-c2ccccc2)nc1C1CCNC1. The molecule has 17 heavy (non-hydrogen) atoms. The van der Waals surface area contributed by atoms with Gasteiger partial charge in [0.05, 0.1) is 5.69 Å². The van der Waals surface area contributed by atoms with Gasteiger partial charge in [0.1, 0.15) is 5.82 Å². The summed E-state index contributed by atoms with van der Waals surface area (Å²) in [6.07, 6.45) is 1.19. The number of hydrogen-bond donors (Lipinski definition) is 2. The molecule has 0 bridgehead atoms. The third-order valence-electron chi connectivity index (χ3n) is 3.42. The molecule has 2 N–H and O–H groups in total. The highest BCUT2D eigenvalue weighted by molar-refractivity contribution is 5.55. The molecule has 2 aromatic rings. The fourth-order valence-corrected chi connectivity index (χ4v) is 2.49. The molecular weight excluding hydrogens is 210 g/mol. The van der Waals surface area contributed by atoms with Crippen LogP contribution in [0.25, 0.3) is 11.4 Å². The third-order valence-corrected chi connectivity index (χ3v) is 3.42. The molecule has 1 saturated heterocycles. The molecule has 0 radical (unpaired) electrons. The number of imidazole rings is 1. The first-order valence-corrected chi connectivity index (χ1v) is 6.17. The number of aryl methyl sites for hydroxylation is 1. The summed E-state index contributed by atoms with van der Waals surface area (Å²) in [5.74, 6) is 1.56. The van der Waals surface area contributed by atoms with Crippen LogP contribution in [-0.2, 0) is 0 Å². The van der Waals surface area contributed by atoms with Crippen LogP contribution in [0.4, 0.5) is 0 Å². The number of nitrogens with zero attached hydrogens (tertiary/aromatic N) is 1. The van der Waals surface area contributed by atoms with Gasteiger partial charge in [0.25, 0.3) is 0 Å². The van der Waals surface area contributed by atoms with E-state index in [2.05, 4.69) is 29.4 Å². The van der Waals surface area contributed by atoms with E-state index in [-0.39, 0.29) is 0 Å². The van der Waals surface area contributed by atoms with Crippen LogP contribution in [0, 0.1) is 6.92 Å². The van der Waals surface area contributed by atoms with Crippen molar-refractivity contribution in [2.75, 3.05) is 13.1 Å². The molecule has 0 amide bonds.